The first-order chi connectivity index (χ1) is 18.4. The molecule has 206 valence electrons. The molecule has 15 heteroatoms. The van der Waals surface area contributed by atoms with E-state index in [0.29, 0.717) is 27.9 Å². The summed E-state index contributed by atoms with van der Waals surface area (Å²) in [6.45, 7) is -0.401. The van der Waals surface area contributed by atoms with Crippen LogP contribution in [0.5, 0.6) is 0 Å². The molecule has 1 fully saturated rings. The van der Waals surface area contributed by atoms with E-state index in [1.54, 1.807) is 18.2 Å². The van der Waals surface area contributed by atoms with Crippen molar-refractivity contribution in [3.05, 3.63) is 47.2 Å². The Morgan fingerprint density at radius 2 is 1.97 bits per heavy atom. The van der Waals surface area contributed by atoms with E-state index in [0.717, 1.165) is 10.6 Å². The van der Waals surface area contributed by atoms with Crippen LogP contribution in [0.2, 0.25) is 0 Å². The molecule has 5 rings (SSSR count). The number of sulfone groups is 1. The lowest BCUT2D eigenvalue weighted by Crippen LogP contribution is -2.61. The Morgan fingerprint density at radius 3 is 2.67 bits per heavy atom. The molecule has 2 unspecified atom stereocenters. The van der Waals surface area contributed by atoms with Gasteiger partial charge in [0.15, 0.2) is 9.84 Å². The van der Waals surface area contributed by atoms with Gasteiger partial charge >= 0.3 is 5.91 Å². The molecular weight excluding hydrogens is 548 g/mol. The molecule has 0 saturated carbocycles. The summed E-state index contributed by atoms with van der Waals surface area (Å²) in [5.41, 5.74) is 1.54. The van der Waals surface area contributed by atoms with Gasteiger partial charge in [-0.3, -0.25) is 14.9 Å². The van der Waals surface area contributed by atoms with E-state index < -0.39 is 43.1 Å². The summed E-state index contributed by atoms with van der Waals surface area (Å²) in [5, 5.41) is 5.03. The van der Waals surface area contributed by atoms with Gasteiger partial charge in [0.25, 0.3) is 15.9 Å². The molecule has 0 aliphatic carbocycles. The van der Waals surface area contributed by atoms with Crippen LogP contribution in [-0.4, -0.2) is 92.2 Å². The summed E-state index contributed by atoms with van der Waals surface area (Å²) in [5.74, 6) is 1.30. The molecule has 4 heterocycles. The minimum atomic E-state index is -4.05. The van der Waals surface area contributed by atoms with Gasteiger partial charge in [0.05, 0.1) is 12.2 Å². The maximum Gasteiger partial charge on any atom is 0.310 e. The van der Waals surface area contributed by atoms with E-state index in [1.807, 2.05) is 0 Å². The number of H-pyrrole nitrogens is 1. The van der Waals surface area contributed by atoms with Crippen LogP contribution in [0.3, 0.4) is 0 Å². The second-order valence-corrected chi connectivity index (χ2v) is 13.5. The second kappa shape index (κ2) is 9.79. The van der Waals surface area contributed by atoms with E-state index in [2.05, 4.69) is 26.5 Å². The molecule has 1 saturated heterocycles. The Morgan fingerprint density at radius 1 is 1.21 bits per heavy atom. The van der Waals surface area contributed by atoms with Gasteiger partial charge in [0.2, 0.25) is 5.91 Å². The van der Waals surface area contributed by atoms with E-state index in [9.17, 15) is 26.4 Å². The molecule has 0 radical (unpaired) electrons. The van der Waals surface area contributed by atoms with Crippen LogP contribution in [0.15, 0.2) is 33.7 Å². The molecule has 0 bridgehead atoms. The molecule has 39 heavy (non-hydrogen) atoms. The number of hydrogen-bond acceptors (Lipinski definition) is 9. The molecule has 13 nitrogen and oxygen atoms in total. The number of amides is 2. The highest BCUT2D eigenvalue weighted by atomic mass is 32.2. The number of fused-ring (bicyclic) bond motifs is 2. The minimum absolute atomic E-state index is 0.0309. The van der Waals surface area contributed by atoms with E-state index in [-0.39, 0.29) is 43.5 Å². The quantitative estimate of drug-likeness (QED) is 0.337. The summed E-state index contributed by atoms with van der Waals surface area (Å²) in [7, 11) is -6.05. The summed E-state index contributed by atoms with van der Waals surface area (Å²) >= 11 is 0. The number of carbonyl (C=O) groups excluding carboxylic acids is 2. The number of aromatic nitrogens is 2. The lowest BCUT2D eigenvalue weighted by atomic mass is 10.1. The fourth-order valence-electron chi connectivity index (χ4n) is 4.74. The normalized spacial score (nSPS) is 20.4. The molecule has 2 atom stereocenters. The molecule has 2 aromatic heterocycles. The standard InChI is InChI=1S/C24H26N6O7S2/c1-4-14-5-6-16-15(9-14)10-21(27-16)39(35,36)29-7-8-30(18(13-29)22(31)25-2)24(32)23-28-17-11-20(38(3,33)34)26-12-19(17)37-23/h1,5-6,9-10,18,20,26-27H,7-8,11-13H2,2-3H3,(H,25,31). The number of terminal acetylenes is 1. The van der Waals surface area contributed by atoms with Crippen molar-refractivity contribution in [2.24, 2.45) is 0 Å². The first-order valence-corrected chi connectivity index (χ1v) is 15.3. The summed E-state index contributed by atoms with van der Waals surface area (Å²) in [4.78, 5) is 34.5. The average molecular weight is 575 g/mol. The Balaban J connectivity index is 1.39. The molecular formula is C24H26N6O7S2. The fraction of sp³-hybridized carbons (Fsp3) is 0.375. The van der Waals surface area contributed by atoms with Gasteiger partial charge in [-0.15, -0.1) is 6.42 Å². The van der Waals surface area contributed by atoms with Gasteiger partial charge in [0, 0.05) is 55.8 Å². The second-order valence-electron chi connectivity index (χ2n) is 9.36. The Labute approximate surface area is 224 Å². The van der Waals surface area contributed by atoms with Crippen LogP contribution < -0.4 is 10.6 Å². The van der Waals surface area contributed by atoms with E-state index >= 15 is 0 Å². The van der Waals surface area contributed by atoms with Crippen LogP contribution in [0.1, 0.15) is 27.7 Å². The number of oxazole rings is 1. The van der Waals surface area contributed by atoms with Crippen molar-refractivity contribution < 1.29 is 30.8 Å². The van der Waals surface area contributed by atoms with Gasteiger partial charge < -0.3 is 19.6 Å². The number of nitrogens with zero attached hydrogens (tertiary/aromatic N) is 3. The molecule has 2 amide bonds. The van der Waals surface area contributed by atoms with Crippen LogP contribution in [0.25, 0.3) is 10.9 Å². The zero-order valence-corrected chi connectivity index (χ0v) is 22.7. The number of hydrogen-bond donors (Lipinski definition) is 3. The number of benzene rings is 1. The van der Waals surface area contributed by atoms with Crippen molar-refractivity contribution >= 4 is 42.6 Å². The third kappa shape index (κ3) is 4.91. The first kappa shape index (κ1) is 26.9. The summed E-state index contributed by atoms with van der Waals surface area (Å²) in [6, 6.07) is 5.40. The number of rotatable bonds is 5. The zero-order valence-electron chi connectivity index (χ0n) is 21.1. The lowest BCUT2D eigenvalue weighted by molar-refractivity contribution is -0.126. The van der Waals surface area contributed by atoms with Crippen molar-refractivity contribution in [1.29, 1.82) is 0 Å². The van der Waals surface area contributed by atoms with Crippen molar-refractivity contribution in [3.8, 4) is 12.3 Å². The molecule has 2 aliphatic rings. The predicted molar refractivity (Wildman–Crippen MR) is 140 cm³/mol. The van der Waals surface area contributed by atoms with Gasteiger partial charge in [-0.2, -0.15) is 4.31 Å². The number of likely N-dealkylation sites (N-methyl/N-ethyl adjacent to an activating group) is 1. The highest BCUT2D eigenvalue weighted by molar-refractivity contribution is 7.91. The van der Waals surface area contributed by atoms with E-state index in [1.165, 1.54) is 18.0 Å². The Kier molecular flexibility index (Phi) is 6.75. The summed E-state index contributed by atoms with van der Waals surface area (Å²) in [6.07, 6.45) is 6.58. The monoisotopic (exact) mass is 574 g/mol. The highest BCUT2D eigenvalue weighted by Crippen LogP contribution is 2.26. The number of sulfonamides is 1. The first-order valence-electron chi connectivity index (χ1n) is 12.0. The highest BCUT2D eigenvalue weighted by Gasteiger charge is 2.42. The Hall–Kier alpha value is -3.71. The summed E-state index contributed by atoms with van der Waals surface area (Å²) < 4.78 is 57.6. The topological polar surface area (TPSA) is 175 Å². The van der Waals surface area contributed by atoms with Gasteiger partial charge in [-0.05, 0) is 24.3 Å². The molecule has 2 aliphatic heterocycles. The van der Waals surface area contributed by atoms with E-state index in [4.69, 9.17) is 10.8 Å². The predicted octanol–water partition coefficient (Wildman–Crippen LogP) is -0.585. The van der Waals surface area contributed by atoms with Gasteiger partial charge in [-0.1, -0.05) is 5.92 Å². The number of carbonyl (C=O) groups is 2. The molecule has 3 N–H and O–H groups in total. The third-order valence-electron chi connectivity index (χ3n) is 6.88. The van der Waals surface area contributed by atoms with Crippen LogP contribution in [0, 0.1) is 12.3 Å². The molecule has 0 spiro atoms. The van der Waals surface area contributed by atoms with Crippen molar-refractivity contribution in [2.45, 2.75) is 29.4 Å². The minimum Gasteiger partial charge on any atom is -0.436 e. The van der Waals surface area contributed by atoms with Crippen molar-refractivity contribution in [2.75, 3.05) is 32.9 Å². The fourth-order valence-corrected chi connectivity index (χ4v) is 7.04. The van der Waals surface area contributed by atoms with Crippen LogP contribution in [-0.2, 0) is 37.6 Å². The van der Waals surface area contributed by atoms with Gasteiger partial charge in [-0.25, -0.2) is 21.8 Å². The maximum absolute atomic E-state index is 13.5. The van der Waals surface area contributed by atoms with Crippen molar-refractivity contribution in [3.63, 3.8) is 0 Å². The SMILES string of the molecule is C#Cc1ccc2[nH]c(S(=O)(=O)N3CCN(C(=O)c4nc5c(o4)CNC(S(C)(=O)=O)C5)C(C(=O)NC)C3)cc2c1. The van der Waals surface area contributed by atoms with Crippen LogP contribution in [0.4, 0.5) is 0 Å². The van der Waals surface area contributed by atoms with Gasteiger partial charge in [0.1, 0.15) is 22.2 Å². The number of aromatic amines is 1. The largest absolute Gasteiger partial charge is 0.436 e. The third-order valence-corrected chi connectivity index (χ3v) is 10.0. The molecule has 3 aromatic rings. The zero-order chi connectivity index (χ0) is 28.1. The average Bonchev–Trinajstić information content (AvgIpc) is 3.55. The number of nitrogens with one attached hydrogen (secondary N) is 3. The smallest absolute Gasteiger partial charge is 0.310 e. The van der Waals surface area contributed by atoms with Crippen LogP contribution >= 0.6 is 0 Å². The lowest BCUT2D eigenvalue weighted by Gasteiger charge is -2.38. The maximum atomic E-state index is 13.5. The molecule has 1 aromatic carbocycles. The van der Waals surface area contributed by atoms with Crippen molar-refractivity contribution in [1.82, 2.24) is 29.8 Å². The Bertz CT molecular complexity index is 1740. The number of piperazine rings is 1.